The minimum absolute atomic E-state index is 0.227. The van der Waals surface area contributed by atoms with Gasteiger partial charge in [0.1, 0.15) is 5.75 Å². The van der Waals surface area contributed by atoms with Crippen molar-refractivity contribution in [3.05, 3.63) is 59.2 Å². The summed E-state index contributed by atoms with van der Waals surface area (Å²) in [5.74, 6) is -0.856. The molecular formula is C19H21N3O4. The highest BCUT2D eigenvalue weighted by Gasteiger charge is 2.15. The molecule has 0 heterocycles. The van der Waals surface area contributed by atoms with E-state index < -0.39 is 11.8 Å². The van der Waals surface area contributed by atoms with Gasteiger partial charge in [0.25, 0.3) is 11.8 Å². The van der Waals surface area contributed by atoms with Crippen LogP contribution < -0.4 is 20.9 Å². The molecule has 2 rings (SSSR count). The molecule has 136 valence electrons. The van der Waals surface area contributed by atoms with Crippen LogP contribution in [0.3, 0.4) is 0 Å². The van der Waals surface area contributed by atoms with Crippen LogP contribution in [0.5, 0.6) is 5.75 Å². The molecule has 0 unspecified atom stereocenters. The van der Waals surface area contributed by atoms with Gasteiger partial charge in [-0.15, -0.1) is 0 Å². The van der Waals surface area contributed by atoms with E-state index in [1.807, 2.05) is 19.1 Å². The third-order valence-electron chi connectivity index (χ3n) is 3.53. The van der Waals surface area contributed by atoms with Crippen LogP contribution in [-0.4, -0.2) is 24.3 Å². The summed E-state index contributed by atoms with van der Waals surface area (Å²) in [5, 5.41) is 2.63. The normalized spacial score (nSPS) is 9.96. The molecule has 7 heteroatoms. The first-order valence-corrected chi connectivity index (χ1v) is 8.13. The van der Waals surface area contributed by atoms with Crippen molar-refractivity contribution in [1.82, 2.24) is 10.9 Å². The lowest BCUT2D eigenvalue weighted by atomic mass is 10.1. The summed E-state index contributed by atoms with van der Waals surface area (Å²) in [7, 11) is 0. The number of benzene rings is 2. The lowest BCUT2D eigenvalue weighted by Crippen LogP contribution is -2.42. The largest absolute Gasteiger partial charge is 0.493 e. The Morgan fingerprint density at radius 2 is 1.62 bits per heavy atom. The molecular weight excluding hydrogens is 334 g/mol. The van der Waals surface area contributed by atoms with Crippen molar-refractivity contribution < 1.29 is 19.1 Å². The third-order valence-corrected chi connectivity index (χ3v) is 3.53. The highest BCUT2D eigenvalue weighted by atomic mass is 16.5. The topological polar surface area (TPSA) is 96.5 Å². The summed E-state index contributed by atoms with van der Waals surface area (Å²) < 4.78 is 5.47. The second-order valence-electron chi connectivity index (χ2n) is 5.55. The van der Waals surface area contributed by atoms with E-state index in [4.69, 9.17) is 4.74 Å². The van der Waals surface area contributed by atoms with Gasteiger partial charge in [-0.2, -0.15) is 0 Å². The molecule has 26 heavy (non-hydrogen) atoms. The molecule has 0 aromatic heterocycles. The average Bonchev–Trinajstić information content (AvgIpc) is 2.60. The van der Waals surface area contributed by atoms with Crippen LogP contribution in [0.15, 0.2) is 42.5 Å². The van der Waals surface area contributed by atoms with Gasteiger partial charge in [-0.25, -0.2) is 0 Å². The van der Waals surface area contributed by atoms with E-state index in [0.717, 1.165) is 5.56 Å². The number of rotatable bonds is 5. The standard InChI is InChI=1S/C19H21N3O4/c1-4-26-17-11-14(20-13(3)23)9-10-16(17)19(25)22-21-18(24)15-8-6-5-7-12(15)2/h5-11H,4H2,1-3H3,(H,20,23)(H,21,24)(H,22,25). The number of carbonyl (C=O) groups excluding carboxylic acids is 3. The number of carbonyl (C=O) groups is 3. The van der Waals surface area contributed by atoms with Crippen LogP contribution >= 0.6 is 0 Å². The third kappa shape index (κ3) is 4.83. The van der Waals surface area contributed by atoms with E-state index >= 15 is 0 Å². The molecule has 0 atom stereocenters. The van der Waals surface area contributed by atoms with Crippen LogP contribution in [0.4, 0.5) is 5.69 Å². The van der Waals surface area contributed by atoms with Gasteiger partial charge in [0.15, 0.2) is 0 Å². The van der Waals surface area contributed by atoms with Crippen molar-refractivity contribution in [2.24, 2.45) is 0 Å². The van der Waals surface area contributed by atoms with Crippen LogP contribution in [0.25, 0.3) is 0 Å². The summed E-state index contributed by atoms with van der Waals surface area (Å²) in [5.41, 5.74) is 6.80. The average molecular weight is 355 g/mol. The molecule has 0 aliphatic rings. The molecule has 3 amide bonds. The molecule has 7 nitrogen and oxygen atoms in total. The Balaban J connectivity index is 2.12. The summed E-state index contributed by atoms with van der Waals surface area (Å²) in [6.07, 6.45) is 0. The predicted molar refractivity (Wildman–Crippen MR) is 98.0 cm³/mol. The number of anilines is 1. The van der Waals surface area contributed by atoms with Crippen molar-refractivity contribution in [3.63, 3.8) is 0 Å². The lowest BCUT2D eigenvalue weighted by molar-refractivity contribution is -0.114. The van der Waals surface area contributed by atoms with Gasteiger partial charge >= 0.3 is 0 Å². The molecule has 3 N–H and O–H groups in total. The SMILES string of the molecule is CCOc1cc(NC(C)=O)ccc1C(=O)NNC(=O)c1ccccc1C. The zero-order chi connectivity index (χ0) is 19.1. The Morgan fingerprint density at radius 3 is 2.23 bits per heavy atom. The van der Waals surface area contributed by atoms with E-state index in [2.05, 4.69) is 16.2 Å². The van der Waals surface area contributed by atoms with Crippen molar-refractivity contribution >= 4 is 23.4 Å². The smallest absolute Gasteiger partial charge is 0.273 e. The van der Waals surface area contributed by atoms with Crippen molar-refractivity contribution in [3.8, 4) is 5.75 Å². The second kappa shape index (κ2) is 8.66. The maximum Gasteiger partial charge on any atom is 0.273 e. The molecule has 0 spiro atoms. The van der Waals surface area contributed by atoms with Crippen LogP contribution in [-0.2, 0) is 4.79 Å². The summed E-state index contributed by atoms with van der Waals surface area (Å²) in [6, 6.07) is 11.7. The number of hydrazine groups is 1. The van der Waals surface area contributed by atoms with Crippen molar-refractivity contribution in [2.75, 3.05) is 11.9 Å². The fraction of sp³-hybridized carbons (Fsp3) is 0.211. The van der Waals surface area contributed by atoms with Crippen LogP contribution in [0.1, 0.15) is 40.1 Å². The monoisotopic (exact) mass is 355 g/mol. The first-order valence-electron chi connectivity index (χ1n) is 8.13. The first-order chi connectivity index (χ1) is 12.4. The molecule has 0 saturated carbocycles. The minimum Gasteiger partial charge on any atom is -0.493 e. The van der Waals surface area contributed by atoms with Crippen LogP contribution in [0, 0.1) is 6.92 Å². The minimum atomic E-state index is -0.523. The Kier molecular flexibility index (Phi) is 6.32. The van der Waals surface area contributed by atoms with Crippen molar-refractivity contribution in [2.45, 2.75) is 20.8 Å². The molecule has 0 fully saturated rings. The fourth-order valence-electron chi connectivity index (χ4n) is 2.34. The second-order valence-corrected chi connectivity index (χ2v) is 5.55. The maximum atomic E-state index is 12.4. The van der Waals surface area contributed by atoms with Gasteiger partial charge < -0.3 is 10.1 Å². The number of hydrogen-bond acceptors (Lipinski definition) is 4. The molecule has 0 radical (unpaired) electrons. The van der Waals surface area contributed by atoms with Gasteiger partial charge in [0.05, 0.1) is 12.2 Å². The molecule has 2 aromatic rings. The summed E-state index contributed by atoms with van der Waals surface area (Å²) >= 11 is 0. The maximum absolute atomic E-state index is 12.4. The first kappa shape index (κ1) is 19.0. The Hall–Kier alpha value is -3.35. The molecule has 2 aromatic carbocycles. The Labute approximate surface area is 151 Å². The van der Waals surface area contributed by atoms with Gasteiger partial charge in [-0.05, 0) is 37.6 Å². The van der Waals surface area contributed by atoms with E-state index in [1.54, 1.807) is 31.2 Å². The molecule has 0 aliphatic carbocycles. The van der Waals surface area contributed by atoms with E-state index in [9.17, 15) is 14.4 Å². The van der Waals surface area contributed by atoms with Gasteiger partial charge in [0.2, 0.25) is 5.91 Å². The summed E-state index contributed by atoms with van der Waals surface area (Å²) in [6.45, 7) is 5.33. The number of hydrogen-bond donors (Lipinski definition) is 3. The van der Waals surface area contributed by atoms with E-state index in [-0.39, 0.29) is 11.5 Å². The number of ether oxygens (including phenoxy) is 1. The predicted octanol–water partition coefficient (Wildman–Crippen LogP) is 2.43. The quantitative estimate of drug-likeness (QED) is 0.718. The number of nitrogens with one attached hydrogen (secondary N) is 3. The van der Waals surface area contributed by atoms with Gasteiger partial charge in [-0.1, -0.05) is 18.2 Å². The zero-order valence-electron chi connectivity index (χ0n) is 14.9. The van der Waals surface area contributed by atoms with E-state index in [1.165, 1.54) is 13.0 Å². The van der Waals surface area contributed by atoms with Gasteiger partial charge in [-0.3, -0.25) is 25.2 Å². The fourth-order valence-corrected chi connectivity index (χ4v) is 2.34. The summed E-state index contributed by atoms with van der Waals surface area (Å²) in [4.78, 5) is 35.7. The number of aryl methyl sites for hydroxylation is 1. The zero-order valence-corrected chi connectivity index (χ0v) is 14.9. The Bertz CT molecular complexity index is 833. The van der Waals surface area contributed by atoms with Crippen molar-refractivity contribution in [1.29, 1.82) is 0 Å². The molecule has 0 aliphatic heterocycles. The molecule has 0 bridgehead atoms. The Morgan fingerprint density at radius 1 is 0.962 bits per heavy atom. The molecule has 0 saturated heterocycles. The van der Waals surface area contributed by atoms with Gasteiger partial charge in [0, 0.05) is 24.2 Å². The van der Waals surface area contributed by atoms with Crippen LogP contribution in [0.2, 0.25) is 0 Å². The highest BCUT2D eigenvalue weighted by molar-refractivity contribution is 6.01. The lowest BCUT2D eigenvalue weighted by Gasteiger charge is -2.13. The highest BCUT2D eigenvalue weighted by Crippen LogP contribution is 2.23. The number of amides is 3. The van der Waals surface area contributed by atoms with E-state index in [0.29, 0.717) is 23.6 Å².